The molecule has 15 heavy (non-hydrogen) atoms. The van der Waals surface area contributed by atoms with Gasteiger partial charge in [-0.15, -0.1) is 11.3 Å². The normalized spacial score (nSPS) is 39.6. The van der Waals surface area contributed by atoms with Gasteiger partial charge in [-0.25, -0.2) is 4.98 Å². The lowest BCUT2D eigenvalue weighted by atomic mass is 10.0. The lowest BCUT2D eigenvalue weighted by molar-refractivity contribution is 0.190. The van der Waals surface area contributed by atoms with Crippen LogP contribution in [0.1, 0.15) is 35.9 Å². The molecule has 2 heterocycles. The molecule has 82 valence electrons. The molecule has 1 aromatic heterocycles. The van der Waals surface area contributed by atoms with Crippen LogP contribution >= 0.6 is 11.3 Å². The van der Waals surface area contributed by atoms with Crippen LogP contribution in [0.3, 0.4) is 0 Å². The van der Waals surface area contributed by atoms with Crippen molar-refractivity contribution in [3.63, 3.8) is 0 Å². The summed E-state index contributed by atoms with van der Waals surface area (Å²) in [7, 11) is 0. The Kier molecular flexibility index (Phi) is 2.30. The maximum atomic E-state index is 5.98. The molecule has 0 amide bonds. The minimum Gasteiger partial charge on any atom is -0.379 e. The molecule has 1 saturated carbocycles. The molecule has 3 rings (SSSR count). The summed E-state index contributed by atoms with van der Waals surface area (Å²) < 4.78 is 5.37. The molecular formula is C11H16N2OS. The monoisotopic (exact) mass is 224 g/mol. The number of aromatic nitrogens is 1. The molecule has 2 N–H and O–H groups in total. The van der Waals surface area contributed by atoms with Gasteiger partial charge in [0.15, 0.2) is 0 Å². The van der Waals surface area contributed by atoms with Crippen LogP contribution in [0.15, 0.2) is 5.38 Å². The number of nitrogens with two attached hydrogens (primary N) is 1. The van der Waals surface area contributed by atoms with E-state index in [9.17, 15) is 0 Å². The first-order valence-electron chi connectivity index (χ1n) is 5.54. The largest absolute Gasteiger partial charge is 0.379 e. The Morgan fingerprint density at radius 3 is 2.87 bits per heavy atom. The summed E-state index contributed by atoms with van der Waals surface area (Å²) in [5, 5.41) is 3.47. The fraction of sp³-hybridized carbons (Fsp3) is 0.727. The number of rotatable bonds is 2. The Balaban J connectivity index is 1.78. The number of hydrogen-bond acceptors (Lipinski definition) is 4. The van der Waals surface area contributed by atoms with Gasteiger partial charge in [0, 0.05) is 23.3 Å². The third kappa shape index (κ3) is 1.71. The molecule has 0 radical (unpaired) electrons. The molecule has 4 atom stereocenters. The van der Waals surface area contributed by atoms with E-state index < -0.39 is 0 Å². The highest BCUT2D eigenvalue weighted by Crippen LogP contribution is 2.48. The minimum absolute atomic E-state index is 0.136. The summed E-state index contributed by atoms with van der Waals surface area (Å²) in [4.78, 5) is 4.71. The third-order valence-corrected chi connectivity index (χ3v) is 4.47. The Bertz CT molecular complexity index is 365. The van der Waals surface area contributed by atoms with E-state index in [2.05, 4.69) is 12.3 Å². The van der Waals surface area contributed by atoms with Crippen molar-refractivity contribution in [1.82, 2.24) is 4.98 Å². The van der Waals surface area contributed by atoms with Crippen molar-refractivity contribution in [3.8, 4) is 0 Å². The van der Waals surface area contributed by atoms with Crippen LogP contribution < -0.4 is 5.73 Å². The van der Waals surface area contributed by atoms with Gasteiger partial charge >= 0.3 is 0 Å². The van der Waals surface area contributed by atoms with Crippen LogP contribution in [0.5, 0.6) is 0 Å². The van der Waals surface area contributed by atoms with Gasteiger partial charge in [0.25, 0.3) is 0 Å². The van der Waals surface area contributed by atoms with E-state index in [0.717, 1.165) is 24.1 Å². The second-order valence-electron chi connectivity index (χ2n) is 4.74. The van der Waals surface area contributed by atoms with Crippen molar-refractivity contribution in [2.75, 3.05) is 13.2 Å². The van der Waals surface area contributed by atoms with Gasteiger partial charge in [-0.3, -0.25) is 0 Å². The molecule has 2 fully saturated rings. The zero-order valence-corrected chi connectivity index (χ0v) is 9.67. The number of ether oxygens (including phenoxy) is 1. The first-order chi connectivity index (χ1) is 7.25. The van der Waals surface area contributed by atoms with E-state index in [4.69, 9.17) is 15.5 Å². The van der Waals surface area contributed by atoms with Crippen molar-refractivity contribution >= 4 is 11.3 Å². The summed E-state index contributed by atoms with van der Waals surface area (Å²) in [6, 6.07) is 0.136. The van der Waals surface area contributed by atoms with E-state index in [1.54, 1.807) is 11.3 Å². The summed E-state index contributed by atoms with van der Waals surface area (Å²) in [6.45, 7) is 3.71. The second kappa shape index (κ2) is 3.54. The molecule has 1 saturated heterocycles. The number of thiazole rings is 1. The van der Waals surface area contributed by atoms with Crippen LogP contribution in [0.25, 0.3) is 0 Å². The van der Waals surface area contributed by atoms with Gasteiger partial charge in [0.05, 0.1) is 23.9 Å². The van der Waals surface area contributed by atoms with E-state index in [0.29, 0.717) is 12.5 Å². The maximum absolute atomic E-state index is 5.98. The molecule has 0 bridgehead atoms. The average Bonchev–Trinajstić information content (AvgIpc) is 2.69. The average molecular weight is 224 g/mol. The summed E-state index contributed by atoms with van der Waals surface area (Å²) in [5.41, 5.74) is 7.13. The Morgan fingerprint density at radius 1 is 1.47 bits per heavy atom. The molecule has 1 aliphatic heterocycles. The summed E-state index contributed by atoms with van der Waals surface area (Å²) in [6.07, 6.45) is 1.31. The Morgan fingerprint density at radius 2 is 2.27 bits per heavy atom. The molecule has 1 aliphatic carbocycles. The fourth-order valence-corrected chi connectivity index (χ4v) is 3.31. The van der Waals surface area contributed by atoms with Gasteiger partial charge in [-0.05, 0) is 12.3 Å². The van der Waals surface area contributed by atoms with E-state index >= 15 is 0 Å². The summed E-state index contributed by atoms with van der Waals surface area (Å²) >= 11 is 1.79. The second-order valence-corrected chi connectivity index (χ2v) is 5.63. The van der Waals surface area contributed by atoms with Crippen LogP contribution in [-0.4, -0.2) is 24.2 Å². The van der Waals surface area contributed by atoms with Crippen LogP contribution in [-0.2, 0) is 4.74 Å². The first kappa shape index (κ1) is 9.75. The molecule has 4 unspecified atom stereocenters. The van der Waals surface area contributed by atoms with E-state index in [1.165, 1.54) is 11.4 Å². The third-order valence-electron chi connectivity index (χ3n) is 3.47. The molecule has 0 spiro atoms. The van der Waals surface area contributed by atoms with E-state index in [-0.39, 0.29) is 6.04 Å². The van der Waals surface area contributed by atoms with E-state index in [1.807, 2.05) is 0 Å². The predicted molar refractivity (Wildman–Crippen MR) is 60.2 cm³/mol. The van der Waals surface area contributed by atoms with Gasteiger partial charge in [0.2, 0.25) is 0 Å². The fourth-order valence-electron chi connectivity index (χ4n) is 2.18. The highest BCUT2D eigenvalue weighted by atomic mass is 32.1. The van der Waals surface area contributed by atoms with Crippen molar-refractivity contribution in [1.29, 1.82) is 0 Å². The number of hydrogen-bond donors (Lipinski definition) is 1. The van der Waals surface area contributed by atoms with Crippen molar-refractivity contribution in [2.45, 2.75) is 31.2 Å². The van der Waals surface area contributed by atoms with Gasteiger partial charge < -0.3 is 10.5 Å². The topological polar surface area (TPSA) is 48.1 Å². The molecule has 3 nitrogen and oxygen atoms in total. The van der Waals surface area contributed by atoms with Gasteiger partial charge in [0.1, 0.15) is 0 Å². The lowest BCUT2D eigenvalue weighted by Gasteiger charge is -2.09. The quantitative estimate of drug-likeness (QED) is 0.832. The van der Waals surface area contributed by atoms with Gasteiger partial charge in [-0.2, -0.15) is 0 Å². The van der Waals surface area contributed by atoms with Crippen molar-refractivity contribution in [3.05, 3.63) is 16.1 Å². The minimum atomic E-state index is 0.136. The first-order valence-corrected chi connectivity index (χ1v) is 6.42. The smallest absolute Gasteiger partial charge is 0.0962 e. The van der Waals surface area contributed by atoms with Crippen LogP contribution in [0.4, 0.5) is 0 Å². The Labute approximate surface area is 93.7 Å². The van der Waals surface area contributed by atoms with Gasteiger partial charge in [-0.1, -0.05) is 6.92 Å². The van der Waals surface area contributed by atoms with Crippen molar-refractivity contribution < 1.29 is 4.74 Å². The number of nitrogens with zero attached hydrogens (tertiary/aromatic N) is 1. The maximum Gasteiger partial charge on any atom is 0.0962 e. The highest BCUT2D eigenvalue weighted by Gasteiger charge is 2.37. The summed E-state index contributed by atoms with van der Waals surface area (Å²) in [5.74, 6) is 1.88. The molecule has 4 heteroatoms. The standard InChI is InChI=1S/C11H16N2OS/c1-6-2-7(6)11-13-10(5-15-11)8-3-14-4-9(8)12/h5-9H,2-4,12H2,1H3. The highest BCUT2D eigenvalue weighted by molar-refractivity contribution is 7.09. The molecular weight excluding hydrogens is 208 g/mol. The Hall–Kier alpha value is -0.450. The van der Waals surface area contributed by atoms with Crippen LogP contribution in [0.2, 0.25) is 0 Å². The van der Waals surface area contributed by atoms with Crippen molar-refractivity contribution in [2.24, 2.45) is 11.7 Å². The SMILES string of the molecule is CC1CC1c1nc(C2COCC2N)cs1. The molecule has 2 aliphatic rings. The molecule has 1 aromatic rings. The van der Waals surface area contributed by atoms with Crippen LogP contribution in [0, 0.1) is 5.92 Å². The predicted octanol–water partition coefficient (Wildman–Crippen LogP) is 1.71. The zero-order chi connectivity index (χ0) is 10.4. The lowest BCUT2D eigenvalue weighted by Crippen LogP contribution is -2.27. The zero-order valence-electron chi connectivity index (χ0n) is 8.85. The molecule has 0 aromatic carbocycles.